The highest BCUT2D eigenvalue weighted by Gasteiger charge is 2.20. The molecule has 0 aliphatic carbocycles. The van der Waals surface area contributed by atoms with Crippen molar-refractivity contribution < 1.29 is 9.53 Å². The van der Waals surface area contributed by atoms with Crippen molar-refractivity contribution in [3.63, 3.8) is 0 Å². The van der Waals surface area contributed by atoms with Gasteiger partial charge in [-0.2, -0.15) is 0 Å². The highest BCUT2D eigenvalue weighted by atomic mass is 32.1. The Morgan fingerprint density at radius 1 is 1.61 bits per heavy atom. The number of morpholine rings is 1. The quantitative estimate of drug-likeness (QED) is 0.742. The van der Waals surface area contributed by atoms with Crippen molar-refractivity contribution in [2.24, 2.45) is 0 Å². The normalized spacial score (nSPS) is 21.1. The second-order valence-corrected chi connectivity index (χ2v) is 5.62. The van der Waals surface area contributed by atoms with Crippen LogP contribution < -0.4 is 0 Å². The van der Waals surface area contributed by atoms with E-state index in [9.17, 15) is 4.79 Å². The second-order valence-electron chi connectivity index (χ2n) is 4.68. The van der Waals surface area contributed by atoms with E-state index in [0.29, 0.717) is 12.5 Å². The first-order valence-corrected chi connectivity index (χ1v) is 7.57. The maximum atomic E-state index is 11.9. The molecular formula is C14H21NO2S. The van der Waals surface area contributed by atoms with Crippen molar-refractivity contribution >= 4 is 17.1 Å². The zero-order valence-corrected chi connectivity index (χ0v) is 11.7. The van der Waals surface area contributed by atoms with E-state index in [2.05, 4.69) is 11.8 Å². The van der Waals surface area contributed by atoms with E-state index in [1.807, 2.05) is 17.5 Å². The van der Waals surface area contributed by atoms with E-state index in [0.717, 1.165) is 44.0 Å². The molecule has 1 atom stereocenters. The largest absolute Gasteiger partial charge is 0.378 e. The molecule has 1 unspecified atom stereocenters. The Morgan fingerprint density at radius 3 is 3.22 bits per heavy atom. The molecule has 0 spiro atoms. The van der Waals surface area contributed by atoms with Gasteiger partial charge in [0.25, 0.3) is 0 Å². The molecule has 4 heteroatoms. The monoisotopic (exact) mass is 267 g/mol. The number of carbonyl (C=O) groups is 1. The first kappa shape index (κ1) is 13.7. The Balaban J connectivity index is 1.72. The van der Waals surface area contributed by atoms with Crippen LogP contribution in [-0.2, 0) is 4.74 Å². The predicted molar refractivity (Wildman–Crippen MR) is 74.4 cm³/mol. The molecule has 2 rings (SSSR count). The Labute approximate surface area is 113 Å². The van der Waals surface area contributed by atoms with Crippen molar-refractivity contribution in [1.82, 2.24) is 4.90 Å². The zero-order valence-electron chi connectivity index (χ0n) is 10.9. The molecule has 18 heavy (non-hydrogen) atoms. The molecule has 0 bridgehead atoms. The fraction of sp³-hybridized carbons (Fsp3) is 0.643. The van der Waals surface area contributed by atoms with Crippen LogP contribution in [0, 0.1) is 0 Å². The summed E-state index contributed by atoms with van der Waals surface area (Å²) in [5.74, 6) is 0.284. The molecule has 1 aliphatic heterocycles. The molecule has 100 valence electrons. The van der Waals surface area contributed by atoms with Gasteiger partial charge in [0, 0.05) is 19.0 Å². The molecule has 0 radical (unpaired) electrons. The molecule has 1 aliphatic rings. The number of ether oxygens (including phenoxy) is 1. The number of carbonyl (C=O) groups excluding carboxylic acids is 1. The smallest absolute Gasteiger partial charge is 0.172 e. The maximum absolute atomic E-state index is 11.9. The van der Waals surface area contributed by atoms with Crippen LogP contribution in [0.5, 0.6) is 0 Å². The van der Waals surface area contributed by atoms with Gasteiger partial charge in [-0.15, -0.1) is 11.3 Å². The van der Waals surface area contributed by atoms with Crippen molar-refractivity contribution in [2.45, 2.75) is 32.2 Å². The number of hydrogen-bond donors (Lipinski definition) is 0. The van der Waals surface area contributed by atoms with E-state index in [4.69, 9.17) is 4.74 Å². The molecule has 0 N–H and O–H groups in total. The Morgan fingerprint density at radius 2 is 2.50 bits per heavy atom. The number of ketones is 1. The van der Waals surface area contributed by atoms with E-state index >= 15 is 0 Å². The molecule has 0 aromatic carbocycles. The Hall–Kier alpha value is -0.710. The summed E-state index contributed by atoms with van der Waals surface area (Å²) in [4.78, 5) is 15.2. The first-order valence-electron chi connectivity index (χ1n) is 6.69. The van der Waals surface area contributed by atoms with E-state index < -0.39 is 0 Å². The summed E-state index contributed by atoms with van der Waals surface area (Å²) >= 11 is 1.54. The Bertz CT molecular complexity index is 364. The van der Waals surface area contributed by atoms with Gasteiger partial charge in [0.2, 0.25) is 0 Å². The van der Waals surface area contributed by atoms with Gasteiger partial charge >= 0.3 is 0 Å². The lowest BCUT2D eigenvalue weighted by Crippen LogP contribution is -2.45. The summed E-state index contributed by atoms with van der Waals surface area (Å²) in [6, 6.07) is 4.39. The van der Waals surface area contributed by atoms with Crippen LogP contribution in [0.3, 0.4) is 0 Å². The topological polar surface area (TPSA) is 29.5 Å². The first-order chi connectivity index (χ1) is 8.81. The minimum Gasteiger partial charge on any atom is -0.378 e. The van der Waals surface area contributed by atoms with Crippen LogP contribution in [0.15, 0.2) is 17.5 Å². The average molecular weight is 267 g/mol. The summed E-state index contributed by atoms with van der Waals surface area (Å²) in [6.07, 6.45) is 2.74. The highest BCUT2D eigenvalue weighted by Crippen LogP contribution is 2.14. The minimum atomic E-state index is 0.284. The van der Waals surface area contributed by atoms with Crippen molar-refractivity contribution in [3.8, 4) is 0 Å². The number of thiophene rings is 1. The fourth-order valence-electron chi connectivity index (χ4n) is 2.36. The fourth-order valence-corrected chi connectivity index (χ4v) is 3.06. The van der Waals surface area contributed by atoms with Crippen LogP contribution in [0.25, 0.3) is 0 Å². The third-order valence-corrected chi connectivity index (χ3v) is 4.38. The standard InChI is InChI=1S/C14H21NO2S/c1-2-12-11-17-9-8-15(12)7-3-5-13(16)14-6-4-10-18-14/h4,6,10,12H,2-3,5,7-9,11H2,1H3. The molecule has 1 fully saturated rings. The van der Waals surface area contributed by atoms with Crippen molar-refractivity contribution in [2.75, 3.05) is 26.3 Å². The molecule has 0 amide bonds. The van der Waals surface area contributed by atoms with E-state index in [-0.39, 0.29) is 5.78 Å². The molecule has 0 saturated carbocycles. The van der Waals surface area contributed by atoms with Crippen LogP contribution in [0.4, 0.5) is 0 Å². The summed E-state index contributed by atoms with van der Waals surface area (Å²) < 4.78 is 5.48. The number of hydrogen-bond acceptors (Lipinski definition) is 4. The van der Waals surface area contributed by atoms with Gasteiger partial charge in [0.1, 0.15) is 0 Å². The minimum absolute atomic E-state index is 0.284. The predicted octanol–water partition coefficient (Wildman–Crippen LogP) is 2.82. The average Bonchev–Trinajstić information content (AvgIpc) is 2.93. The van der Waals surface area contributed by atoms with Gasteiger partial charge in [-0.1, -0.05) is 13.0 Å². The van der Waals surface area contributed by atoms with E-state index in [1.54, 1.807) is 0 Å². The van der Waals surface area contributed by atoms with Gasteiger partial charge in [-0.05, 0) is 30.8 Å². The highest BCUT2D eigenvalue weighted by molar-refractivity contribution is 7.12. The van der Waals surface area contributed by atoms with Crippen molar-refractivity contribution in [1.29, 1.82) is 0 Å². The van der Waals surface area contributed by atoms with Gasteiger partial charge in [-0.3, -0.25) is 9.69 Å². The molecule has 1 aromatic rings. The molecular weight excluding hydrogens is 246 g/mol. The lowest BCUT2D eigenvalue weighted by atomic mass is 10.1. The van der Waals surface area contributed by atoms with Crippen LogP contribution in [0.2, 0.25) is 0 Å². The van der Waals surface area contributed by atoms with Gasteiger partial charge in [-0.25, -0.2) is 0 Å². The third-order valence-electron chi connectivity index (χ3n) is 3.47. The number of nitrogens with zero attached hydrogens (tertiary/aromatic N) is 1. The summed E-state index contributed by atoms with van der Waals surface area (Å²) in [7, 11) is 0. The summed E-state index contributed by atoms with van der Waals surface area (Å²) in [5, 5.41) is 1.96. The summed E-state index contributed by atoms with van der Waals surface area (Å²) in [5.41, 5.74) is 0. The lowest BCUT2D eigenvalue weighted by Gasteiger charge is -2.34. The summed E-state index contributed by atoms with van der Waals surface area (Å²) in [6.45, 7) is 5.89. The van der Waals surface area contributed by atoms with E-state index in [1.165, 1.54) is 11.3 Å². The van der Waals surface area contributed by atoms with Crippen LogP contribution >= 0.6 is 11.3 Å². The molecule has 1 aromatic heterocycles. The van der Waals surface area contributed by atoms with Gasteiger partial charge in [0.05, 0.1) is 18.1 Å². The maximum Gasteiger partial charge on any atom is 0.172 e. The Kier molecular flexibility index (Phi) is 5.35. The zero-order chi connectivity index (χ0) is 12.8. The third kappa shape index (κ3) is 3.64. The molecule has 2 heterocycles. The van der Waals surface area contributed by atoms with Crippen molar-refractivity contribution in [3.05, 3.63) is 22.4 Å². The van der Waals surface area contributed by atoms with Crippen LogP contribution in [-0.4, -0.2) is 43.0 Å². The molecule has 3 nitrogen and oxygen atoms in total. The number of rotatable bonds is 6. The number of Topliss-reactive ketones (excluding diaryl/α,β-unsaturated/α-hetero) is 1. The van der Waals surface area contributed by atoms with Crippen LogP contribution in [0.1, 0.15) is 35.9 Å². The van der Waals surface area contributed by atoms with Gasteiger partial charge < -0.3 is 4.74 Å². The van der Waals surface area contributed by atoms with Gasteiger partial charge in [0.15, 0.2) is 5.78 Å². The lowest BCUT2D eigenvalue weighted by molar-refractivity contribution is -0.00896. The second kappa shape index (κ2) is 7.02. The molecule has 1 saturated heterocycles. The SMILES string of the molecule is CCC1COCCN1CCCC(=O)c1cccs1.